The van der Waals surface area contributed by atoms with Crippen LogP contribution < -0.4 is 0 Å². The molecule has 0 radical (unpaired) electrons. The summed E-state index contributed by atoms with van der Waals surface area (Å²) in [7, 11) is 0. The number of carbonyl (C=O) groups excluding carboxylic acids is 2. The van der Waals surface area contributed by atoms with E-state index in [9.17, 15) is 14.0 Å². The van der Waals surface area contributed by atoms with Crippen molar-refractivity contribution >= 4 is 23.0 Å². The Hall–Kier alpha value is -2.30. The molecule has 0 N–H and O–H groups in total. The molecule has 0 unspecified atom stereocenters. The normalized spacial score (nSPS) is 10.6. The number of esters is 1. The highest BCUT2D eigenvalue weighted by atomic mass is 19.1. The Bertz CT molecular complexity index is 682. The molecule has 4 nitrogen and oxygen atoms in total. The third kappa shape index (κ3) is 2.66. The molecule has 0 aliphatic rings. The van der Waals surface area contributed by atoms with Gasteiger partial charge in [-0.25, -0.2) is 14.2 Å². The Balaban J connectivity index is 2.53. The lowest BCUT2D eigenvalue weighted by Crippen LogP contribution is -2.09. The smallest absolute Gasteiger partial charge is 0.356 e. The van der Waals surface area contributed by atoms with Gasteiger partial charge in [0.2, 0.25) is 0 Å². The molecule has 0 bridgehead atoms. The number of halogens is 1. The van der Waals surface area contributed by atoms with Crippen LogP contribution in [0, 0.1) is 12.7 Å². The van der Waals surface area contributed by atoms with E-state index in [1.807, 2.05) is 6.92 Å². The van der Waals surface area contributed by atoms with Crippen molar-refractivity contribution in [1.82, 2.24) is 4.98 Å². The molecule has 0 saturated heterocycles. The lowest BCUT2D eigenvalue weighted by Gasteiger charge is -2.07. The highest BCUT2D eigenvalue weighted by Gasteiger charge is 2.13. The predicted octanol–water partition coefficient (Wildman–Crippen LogP) is 3.06. The summed E-state index contributed by atoms with van der Waals surface area (Å²) in [4.78, 5) is 26.7. The van der Waals surface area contributed by atoms with Crippen LogP contribution in [0.4, 0.5) is 4.39 Å². The van der Waals surface area contributed by atoms with Crippen molar-refractivity contribution in [3.05, 3.63) is 41.0 Å². The van der Waals surface area contributed by atoms with Crippen LogP contribution in [0.25, 0.3) is 10.8 Å². The van der Waals surface area contributed by atoms with Crippen molar-refractivity contribution in [3.8, 4) is 0 Å². The average Bonchev–Trinajstić information content (AvgIpc) is 2.44. The van der Waals surface area contributed by atoms with Gasteiger partial charge in [0.05, 0.1) is 12.2 Å². The summed E-state index contributed by atoms with van der Waals surface area (Å²) in [5, 5.41) is 1.16. The number of benzene rings is 1. The van der Waals surface area contributed by atoms with Crippen LogP contribution in [-0.4, -0.2) is 23.8 Å². The van der Waals surface area contributed by atoms with Crippen molar-refractivity contribution in [2.75, 3.05) is 6.61 Å². The zero-order valence-corrected chi connectivity index (χ0v) is 11.3. The molecule has 1 aromatic heterocycles. The fourth-order valence-electron chi connectivity index (χ4n) is 1.92. The third-order valence-corrected chi connectivity index (χ3v) is 2.91. The molecule has 0 atom stereocenters. The molecular formula is C15H14FNO3. The van der Waals surface area contributed by atoms with Gasteiger partial charge in [0.1, 0.15) is 11.5 Å². The van der Waals surface area contributed by atoms with Crippen LogP contribution in [0.5, 0.6) is 0 Å². The molecule has 2 rings (SSSR count). The van der Waals surface area contributed by atoms with Crippen molar-refractivity contribution in [2.45, 2.75) is 20.3 Å². The number of aryl methyl sites for hydroxylation is 1. The predicted molar refractivity (Wildman–Crippen MR) is 72.4 cm³/mol. The molecule has 104 valence electrons. The Morgan fingerprint density at radius 1 is 1.40 bits per heavy atom. The fourth-order valence-corrected chi connectivity index (χ4v) is 1.92. The van der Waals surface area contributed by atoms with E-state index < -0.39 is 11.8 Å². The second-order valence-corrected chi connectivity index (χ2v) is 4.44. The van der Waals surface area contributed by atoms with Gasteiger partial charge in [-0.3, -0.25) is 4.79 Å². The zero-order valence-electron chi connectivity index (χ0n) is 11.3. The zero-order chi connectivity index (χ0) is 14.7. The highest BCUT2D eigenvalue weighted by molar-refractivity contribution is 5.96. The van der Waals surface area contributed by atoms with Crippen molar-refractivity contribution in [2.24, 2.45) is 0 Å². The molecule has 0 spiro atoms. The maximum Gasteiger partial charge on any atom is 0.356 e. The number of nitrogens with zero attached hydrogens (tertiary/aromatic N) is 1. The highest BCUT2D eigenvalue weighted by Crippen LogP contribution is 2.22. The van der Waals surface area contributed by atoms with Gasteiger partial charge in [0, 0.05) is 11.1 Å². The van der Waals surface area contributed by atoms with Crippen molar-refractivity contribution in [1.29, 1.82) is 0 Å². The molecule has 0 fully saturated rings. The Labute approximate surface area is 115 Å². The standard InChI is InChI=1S/C15H14FNO3/c1-3-4-20-15(19)14-6-10-5-11(8-18)13(16)7-12(10)9(2)17-14/h5-8H,3-4H2,1-2H3. The summed E-state index contributed by atoms with van der Waals surface area (Å²) in [6.45, 7) is 3.89. The summed E-state index contributed by atoms with van der Waals surface area (Å²) in [6.07, 6.45) is 1.17. The molecule has 20 heavy (non-hydrogen) atoms. The van der Waals surface area contributed by atoms with E-state index in [4.69, 9.17) is 4.74 Å². The molecule has 2 aromatic rings. The first-order valence-corrected chi connectivity index (χ1v) is 6.30. The minimum atomic E-state index is -0.598. The van der Waals surface area contributed by atoms with E-state index in [-0.39, 0.29) is 11.3 Å². The third-order valence-electron chi connectivity index (χ3n) is 2.91. The quantitative estimate of drug-likeness (QED) is 0.635. The van der Waals surface area contributed by atoms with Gasteiger partial charge in [-0.05, 0) is 36.9 Å². The largest absolute Gasteiger partial charge is 0.461 e. The van der Waals surface area contributed by atoms with E-state index >= 15 is 0 Å². The van der Waals surface area contributed by atoms with Gasteiger partial charge in [0.25, 0.3) is 0 Å². The molecule has 0 aliphatic carbocycles. The van der Waals surface area contributed by atoms with Gasteiger partial charge in [-0.15, -0.1) is 0 Å². The number of aldehydes is 1. The Morgan fingerprint density at radius 3 is 2.80 bits per heavy atom. The van der Waals surface area contributed by atoms with Gasteiger partial charge in [-0.2, -0.15) is 0 Å². The van der Waals surface area contributed by atoms with Crippen LogP contribution >= 0.6 is 0 Å². The number of pyridine rings is 1. The lowest BCUT2D eigenvalue weighted by molar-refractivity contribution is 0.0498. The van der Waals surface area contributed by atoms with Crippen LogP contribution in [0.3, 0.4) is 0 Å². The molecule has 0 saturated carbocycles. The number of hydrogen-bond acceptors (Lipinski definition) is 4. The summed E-state index contributed by atoms with van der Waals surface area (Å²) in [5.74, 6) is -1.12. The molecule has 0 aliphatic heterocycles. The monoisotopic (exact) mass is 275 g/mol. The number of ether oxygens (including phenoxy) is 1. The minimum Gasteiger partial charge on any atom is -0.461 e. The number of fused-ring (bicyclic) bond motifs is 1. The van der Waals surface area contributed by atoms with E-state index in [0.717, 1.165) is 6.42 Å². The first kappa shape index (κ1) is 14.1. The van der Waals surface area contributed by atoms with Crippen LogP contribution in [0.15, 0.2) is 18.2 Å². The fraction of sp³-hybridized carbons (Fsp3) is 0.267. The summed E-state index contributed by atoms with van der Waals surface area (Å²) >= 11 is 0. The number of carbonyl (C=O) groups is 2. The summed E-state index contributed by atoms with van der Waals surface area (Å²) < 4.78 is 18.6. The molecule has 0 amide bonds. The van der Waals surface area contributed by atoms with Crippen LogP contribution in [-0.2, 0) is 4.74 Å². The van der Waals surface area contributed by atoms with E-state index in [1.165, 1.54) is 18.2 Å². The number of rotatable bonds is 4. The first-order chi connectivity index (χ1) is 9.56. The van der Waals surface area contributed by atoms with Gasteiger partial charge < -0.3 is 4.74 Å². The van der Waals surface area contributed by atoms with E-state index in [2.05, 4.69) is 4.98 Å². The van der Waals surface area contributed by atoms with E-state index in [0.29, 0.717) is 29.4 Å². The molecule has 1 aromatic carbocycles. The van der Waals surface area contributed by atoms with Crippen LogP contribution in [0.2, 0.25) is 0 Å². The Morgan fingerprint density at radius 2 is 2.15 bits per heavy atom. The van der Waals surface area contributed by atoms with Gasteiger partial charge in [0.15, 0.2) is 6.29 Å². The lowest BCUT2D eigenvalue weighted by atomic mass is 10.1. The van der Waals surface area contributed by atoms with E-state index in [1.54, 1.807) is 6.92 Å². The number of hydrogen-bond donors (Lipinski definition) is 0. The Kier molecular flexibility index (Phi) is 4.08. The van der Waals surface area contributed by atoms with Crippen molar-refractivity contribution < 1.29 is 18.7 Å². The SMILES string of the molecule is CCCOC(=O)c1cc2cc(C=O)c(F)cc2c(C)n1. The molecule has 1 heterocycles. The summed E-state index contributed by atoms with van der Waals surface area (Å²) in [6, 6.07) is 4.16. The number of aromatic nitrogens is 1. The van der Waals surface area contributed by atoms with Gasteiger partial charge in [-0.1, -0.05) is 6.92 Å². The summed E-state index contributed by atoms with van der Waals surface area (Å²) in [5.41, 5.74) is 0.630. The maximum atomic E-state index is 13.6. The maximum absolute atomic E-state index is 13.6. The molecular weight excluding hydrogens is 261 g/mol. The second-order valence-electron chi connectivity index (χ2n) is 4.44. The second kappa shape index (κ2) is 5.77. The molecule has 5 heteroatoms. The first-order valence-electron chi connectivity index (χ1n) is 6.30. The van der Waals surface area contributed by atoms with Crippen molar-refractivity contribution in [3.63, 3.8) is 0 Å². The topological polar surface area (TPSA) is 56.3 Å². The average molecular weight is 275 g/mol. The van der Waals surface area contributed by atoms with Gasteiger partial charge >= 0.3 is 5.97 Å². The minimum absolute atomic E-state index is 0.0454. The van der Waals surface area contributed by atoms with Crippen LogP contribution in [0.1, 0.15) is 39.9 Å².